The summed E-state index contributed by atoms with van der Waals surface area (Å²) < 4.78 is 1.55. The molecule has 0 saturated carbocycles. The first-order valence-corrected chi connectivity index (χ1v) is 11.0. The number of rotatable bonds is 5. The van der Waals surface area contributed by atoms with E-state index in [0.717, 1.165) is 12.1 Å². The molecule has 30 heavy (non-hydrogen) atoms. The molecule has 2 heterocycles. The molecule has 0 bridgehead atoms. The number of hydrogen-bond donors (Lipinski definition) is 0. The molecular weight excluding hydrogens is 418 g/mol. The average Bonchev–Trinajstić information content (AvgIpc) is 3.05. The summed E-state index contributed by atoms with van der Waals surface area (Å²) in [7, 11) is 0. The molecule has 5 nitrogen and oxygen atoms in total. The van der Waals surface area contributed by atoms with Gasteiger partial charge in [0.15, 0.2) is 5.16 Å². The van der Waals surface area contributed by atoms with Crippen molar-refractivity contribution in [2.24, 2.45) is 0 Å². The Kier molecular flexibility index (Phi) is 5.71. The first-order chi connectivity index (χ1) is 14.4. The van der Waals surface area contributed by atoms with Crippen molar-refractivity contribution in [1.82, 2.24) is 9.55 Å². The lowest BCUT2D eigenvalue weighted by atomic mass is 10.1. The number of thioether (sulfide) groups is 1. The molecule has 0 unspecified atom stereocenters. The van der Waals surface area contributed by atoms with Crippen LogP contribution in [0, 0.1) is 0 Å². The van der Waals surface area contributed by atoms with Gasteiger partial charge in [0.2, 0.25) is 5.91 Å². The minimum absolute atomic E-state index is 0.00282. The van der Waals surface area contributed by atoms with E-state index in [9.17, 15) is 9.59 Å². The van der Waals surface area contributed by atoms with Crippen LogP contribution in [0.15, 0.2) is 65.1 Å². The van der Waals surface area contributed by atoms with E-state index in [1.54, 1.807) is 28.8 Å². The number of fused-ring (bicyclic) bond motifs is 2. The molecule has 1 aliphatic rings. The highest BCUT2D eigenvalue weighted by Crippen LogP contribution is 2.34. The van der Waals surface area contributed by atoms with Crippen molar-refractivity contribution < 1.29 is 4.79 Å². The van der Waals surface area contributed by atoms with E-state index in [4.69, 9.17) is 11.6 Å². The summed E-state index contributed by atoms with van der Waals surface area (Å²) in [6, 6.07) is 13.1. The molecule has 4 rings (SSSR count). The minimum atomic E-state index is -0.418. The highest BCUT2D eigenvalue weighted by Gasteiger charge is 2.34. The zero-order valence-electron chi connectivity index (χ0n) is 16.8. The number of carbonyl (C=O) groups excluding carboxylic acids is 1. The van der Waals surface area contributed by atoms with Gasteiger partial charge in [-0.25, -0.2) is 4.98 Å². The van der Waals surface area contributed by atoms with Gasteiger partial charge in [-0.05, 0) is 50.1 Å². The van der Waals surface area contributed by atoms with Gasteiger partial charge in [-0.2, -0.15) is 0 Å². The standard InChI is InChI=1S/C23H22ClN3O2S/c1-4-11-26-22(29)18-10-9-17(24)13-19(18)25-23(26)30-15(3)21(28)27-14(2)12-16-7-5-6-8-20(16)27/h4-10,13-15H,1,11-12H2,2-3H3/t14-,15-/m0/s1. The van der Waals surface area contributed by atoms with E-state index in [1.165, 1.54) is 17.3 Å². The Morgan fingerprint density at radius 1 is 1.37 bits per heavy atom. The highest BCUT2D eigenvalue weighted by atomic mass is 35.5. The van der Waals surface area contributed by atoms with Crippen molar-refractivity contribution in [1.29, 1.82) is 0 Å². The van der Waals surface area contributed by atoms with Crippen LogP contribution in [0.4, 0.5) is 5.69 Å². The Hall–Kier alpha value is -2.57. The number of para-hydroxylation sites is 1. The number of benzene rings is 2. The number of nitrogens with zero attached hydrogens (tertiary/aromatic N) is 3. The van der Waals surface area contributed by atoms with Crippen molar-refractivity contribution in [3.63, 3.8) is 0 Å². The Labute approximate surface area is 184 Å². The van der Waals surface area contributed by atoms with Crippen LogP contribution in [0.2, 0.25) is 5.02 Å². The van der Waals surface area contributed by atoms with Crippen molar-refractivity contribution in [2.45, 2.75) is 43.3 Å². The van der Waals surface area contributed by atoms with Gasteiger partial charge in [0.05, 0.1) is 16.2 Å². The van der Waals surface area contributed by atoms with E-state index in [1.807, 2.05) is 30.0 Å². The SMILES string of the molecule is C=CCn1c(S[C@@H](C)C(=O)N2c3ccccc3C[C@@H]2C)nc2cc(Cl)ccc2c1=O. The summed E-state index contributed by atoms with van der Waals surface area (Å²) in [4.78, 5) is 32.9. The molecule has 154 valence electrons. The summed E-state index contributed by atoms with van der Waals surface area (Å²) in [5, 5.41) is 1.07. The van der Waals surface area contributed by atoms with Crippen LogP contribution in [-0.2, 0) is 17.8 Å². The van der Waals surface area contributed by atoms with Gasteiger partial charge < -0.3 is 4.90 Å². The van der Waals surface area contributed by atoms with Crippen LogP contribution in [0.3, 0.4) is 0 Å². The molecule has 1 amide bonds. The van der Waals surface area contributed by atoms with Crippen LogP contribution in [0.25, 0.3) is 10.9 Å². The maximum absolute atomic E-state index is 13.3. The lowest BCUT2D eigenvalue weighted by Crippen LogP contribution is -2.40. The molecule has 1 aliphatic heterocycles. The molecule has 0 aliphatic carbocycles. The van der Waals surface area contributed by atoms with Crippen LogP contribution >= 0.6 is 23.4 Å². The number of amides is 1. The van der Waals surface area contributed by atoms with E-state index in [-0.39, 0.29) is 17.5 Å². The first-order valence-electron chi connectivity index (χ1n) is 9.79. The minimum Gasteiger partial charge on any atom is -0.308 e. The number of anilines is 1. The fourth-order valence-corrected chi connectivity index (χ4v) is 4.99. The third kappa shape index (κ3) is 3.66. The molecule has 2 atom stereocenters. The fraction of sp³-hybridized carbons (Fsp3) is 0.261. The predicted octanol–water partition coefficient (Wildman–Crippen LogP) is 4.69. The molecule has 0 saturated heterocycles. The van der Waals surface area contributed by atoms with Gasteiger partial charge in [0.25, 0.3) is 5.56 Å². The molecule has 0 fully saturated rings. The summed E-state index contributed by atoms with van der Waals surface area (Å²) in [5.41, 5.74) is 2.50. The monoisotopic (exact) mass is 439 g/mol. The number of hydrogen-bond acceptors (Lipinski definition) is 4. The molecule has 1 aromatic heterocycles. The second kappa shape index (κ2) is 8.28. The highest BCUT2D eigenvalue weighted by molar-refractivity contribution is 8.00. The van der Waals surface area contributed by atoms with Crippen molar-refractivity contribution in [2.75, 3.05) is 4.90 Å². The quantitative estimate of drug-likeness (QED) is 0.328. The molecule has 0 radical (unpaired) electrons. The third-order valence-electron chi connectivity index (χ3n) is 5.27. The number of halogens is 1. The van der Waals surface area contributed by atoms with Gasteiger partial charge in [-0.3, -0.25) is 14.2 Å². The Bertz CT molecular complexity index is 1210. The summed E-state index contributed by atoms with van der Waals surface area (Å²) in [5.74, 6) is 0.00282. The zero-order chi connectivity index (χ0) is 21.4. The molecule has 0 spiro atoms. The smallest absolute Gasteiger partial charge is 0.262 e. The average molecular weight is 440 g/mol. The summed E-state index contributed by atoms with van der Waals surface area (Å²) >= 11 is 7.38. The van der Waals surface area contributed by atoms with Gasteiger partial charge in [0, 0.05) is 23.3 Å². The first kappa shape index (κ1) is 20.7. The Morgan fingerprint density at radius 2 is 2.13 bits per heavy atom. The van der Waals surface area contributed by atoms with Gasteiger partial charge >= 0.3 is 0 Å². The molecular formula is C23H22ClN3O2S. The van der Waals surface area contributed by atoms with Crippen LogP contribution < -0.4 is 10.5 Å². The zero-order valence-corrected chi connectivity index (χ0v) is 18.4. The Morgan fingerprint density at radius 3 is 2.90 bits per heavy atom. The molecule has 2 aromatic carbocycles. The second-order valence-corrected chi connectivity index (χ2v) is 9.15. The topological polar surface area (TPSA) is 55.2 Å². The summed E-state index contributed by atoms with van der Waals surface area (Å²) in [6.07, 6.45) is 2.49. The molecule has 0 N–H and O–H groups in total. The van der Waals surface area contributed by atoms with Crippen molar-refractivity contribution in [3.05, 3.63) is 76.1 Å². The van der Waals surface area contributed by atoms with Crippen LogP contribution in [-0.4, -0.2) is 26.8 Å². The van der Waals surface area contributed by atoms with Crippen molar-refractivity contribution in [3.8, 4) is 0 Å². The van der Waals surface area contributed by atoms with E-state index in [2.05, 4.69) is 24.6 Å². The van der Waals surface area contributed by atoms with Gasteiger partial charge in [-0.15, -0.1) is 6.58 Å². The maximum Gasteiger partial charge on any atom is 0.262 e. The third-order valence-corrected chi connectivity index (χ3v) is 6.58. The normalized spacial score (nSPS) is 16.5. The van der Waals surface area contributed by atoms with E-state index in [0.29, 0.717) is 27.6 Å². The lowest BCUT2D eigenvalue weighted by molar-refractivity contribution is -0.118. The largest absolute Gasteiger partial charge is 0.308 e. The van der Waals surface area contributed by atoms with Gasteiger partial charge in [-0.1, -0.05) is 47.6 Å². The fourth-order valence-electron chi connectivity index (χ4n) is 3.86. The van der Waals surface area contributed by atoms with E-state index < -0.39 is 5.25 Å². The van der Waals surface area contributed by atoms with Gasteiger partial charge in [0.1, 0.15) is 0 Å². The number of aromatic nitrogens is 2. The maximum atomic E-state index is 13.3. The summed E-state index contributed by atoms with van der Waals surface area (Å²) in [6.45, 7) is 7.98. The molecule has 7 heteroatoms. The Balaban J connectivity index is 1.69. The number of carbonyl (C=O) groups is 1. The lowest BCUT2D eigenvalue weighted by Gasteiger charge is -2.26. The van der Waals surface area contributed by atoms with Crippen LogP contribution in [0.1, 0.15) is 19.4 Å². The molecule has 3 aromatic rings. The second-order valence-electron chi connectivity index (χ2n) is 7.41. The van der Waals surface area contributed by atoms with E-state index >= 15 is 0 Å². The number of allylic oxidation sites excluding steroid dienone is 1. The van der Waals surface area contributed by atoms with Crippen LogP contribution in [0.5, 0.6) is 0 Å². The predicted molar refractivity (Wildman–Crippen MR) is 124 cm³/mol. The van der Waals surface area contributed by atoms with Crippen molar-refractivity contribution >= 4 is 45.9 Å².